The zero-order chi connectivity index (χ0) is 20.3. The van der Waals surface area contributed by atoms with Crippen molar-refractivity contribution in [2.24, 2.45) is 12.0 Å². The Morgan fingerprint density at radius 2 is 1.86 bits per heavy atom. The lowest BCUT2D eigenvalue weighted by Gasteiger charge is -2.11. The van der Waals surface area contributed by atoms with Gasteiger partial charge in [-0.3, -0.25) is 14.5 Å². The molecule has 2 heterocycles. The third-order valence-electron chi connectivity index (χ3n) is 4.40. The highest BCUT2D eigenvalue weighted by molar-refractivity contribution is 7.90. The van der Waals surface area contributed by atoms with Gasteiger partial charge in [0.2, 0.25) is 0 Å². The Hall–Kier alpha value is -2.03. The molecule has 1 aromatic carbocycles. The molecule has 2 N–H and O–H groups in total. The van der Waals surface area contributed by atoms with Crippen molar-refractivity contribution in [1.29, 1.82) is 0 Å². The molecule has 2 aromatic rings. The van der Waals surface area contributed by atoms with Gasteiger partial charge in [-0.2, -0.15) is 0 Å². The number of carbonyl (C=O) groups is 1. The minimum absolute atomic E-state index is 0.0994. The van der Waals surface area contributed by atoms with Crippen LogP contribution >= 0.6 is 23.2 Å². The molecule has 0 saturated carbocycles. The fraction of sp³-hybridized carbons (Fsp3) is 0.333. The number of nitrogens with zero attached hydrogens (tertiary/aromatic N) is 2. The van der Waals surface area contributed by atoms with Crippen molar-refractivity contribution in [3.8, 4) is 0 Å². The maximum absolute atomic E-state index is 12.5. The van der Waals surface area contributed by atoms with Gasteiger partial charge in [-0.15, -0.1) is 0 Å². The summed E-state index contributed by atoms with van der Waals surface area (Å²) < 4.78 is 29.1. The van der Waals surface area contributed by atoms with Crippen LogP contribution in [0.2, 0.25) is 10.2 Å². The molecule has 0 aliphatic carbocycles. The molecule has 1 aliphatic heterocycles. The molecule has 0 radical (unpaired) electrons. The van der Waals surface area contributed by atoms with Crippen LogP contribution in [0.25, 0.3) is 0 Å². The van der Waals surface area contributed by atoms with Crippen LogP contribution in [0, 0.1) is 0 Å². The van der Waals surface area contributed by atoms with E-state index in [1.54, 1.807) is 7.05 Å². The van der Waals surface area contributed by atoms with Gasteiger partial charge in [0.25, 0.3) is 15.9 Å². The second kappa shape index (κ2) is 8.55. The summed E-state index contributed by atoms with van der Waals surface area (Å²) in [5, 5.41) is 3.24. The summed E-state index contributed by atoms with van der Waals surface area (Å²) in [6.07, 6.45) is 3.55. The van der Waals surface area contributed by atoms with Crippen molar-refractivity contribution in [2.45, 2.75) is 30.6 Å². The van der Waals surface area contributed by atoms with Crippen LogP contribution < -0.4 is 10.0 Å². The molecule has 0 saturated heterocycles. The average molecular weight is 443 g/mol. The van der Waals surface area contributed by atoms with E-state index in [1.165, 1.54) is 34.9 Å². The number of nitrogens with one attached hydrogen (secondary N) is 2. The minimum atomic E-state index is -3.72. The summed E-state index contributed by atoms with van der Waals surface area (Å²) >= 11 is 11.9. The molecule has 0 unspecified atom stereocenters. The number of amides is 1. The van der Waals surface area contributed by atoms with E-state index < -0.39 is 15.9 Å². The number of aliphatic imine (C=N–C) groups is 1. The predicted molar refractivity (Wildman–Crippen MR) is 111 cm³/mol. The molecule has 1 aromatic heterocycles. The normalized spacial score (nSPS) is 14.9. The van der Waals surface area contributed by atoms with Gasteiger partial charge in [0.05, 0.1) is 9.92 Å². The van der Waals surface area contributed by atoms with Crippen molar-refractivity contribution in [1.82, 2.24) is 9.29 Å². The molecule has 7 nitrogen and oxygen atoms in total. The van der Waals surface area contributed by atoms with E-state index in [0.717, 1.165) is 19.3 Å². The smallest absolute Gasteiger partial charge is 0.272 e. The van der Waals surface area contributed by atoms with Crippen molar-refractivity contribution in [3.63, 3.8) is 0 Å². The number of hydrogen-bond donors (Lipinski definition) is 2. The lowest BCUT2D eigenvalue weighted by atomic mass is 10.2. The van der Waals surface area contributed by atoms with Crippen LogP contribution in [-0.4, -0.2) is 31.3 Å². The highest BCUT2D eigenvalue weighted by atomic mass is 35.5. The molecule has 0 atom stereocenters. The number of sulfonamides is 1. The molecule has 3 rings (SSSR count). The molecule has 0 spiro atoms. The Morgan fingerprint density at radius 3 is 2.50 bits per heavy atom. The van der Waals surface area contributed by atoms with Crippen LogP contribution in [0.5, 0.6) is 0 Å². The van der Waals surface area contributed by atoms with Gasteiger partial charge in [-0.1, -0.05) is 29.6 Å². The first kappa shape index (κ1) is 20.7. The van der Waals surface area contributed by atoms with E-state index in [0.29, 0.717) is 30.2 Å². The highest BCUT2D eigenvalue weighted by Gasteiger charge is 2.19. The summed E-state index contributed by atoms with van der Waals surface area (Å²) in [6, 6.07) is 7.37. The molecule has 0 bridgehead atoms. The monoisotopic (exact) mass is 442 g/mol. The second-order valence-electron chi connectivity index (χ2n) is 6.45. The Balaban J connectivity index is 1.71. The van der Waals surface area contributed by atoms with E-state index in [2.05, 4.69) is 15.0 Å². The summed E-state index contributed by atoms with van der Waals surface area (Å²) in [7, 11) is -2.09. The maximum Gasteiger partial charge on any atom is 0.272 e. The van der Waals surface area contributed by atoms with Crippen molar-refractivity contribution >= 4 is 50.7 Å². The molecule has 1 aliphatic rings. The maximum atomic E-state index is 12.5. The largest absolute Gasteiger partial charge is 0.329 e. The van der Waals surface area contributed by atoms with Crippen LogP contribution in [0.3, 0.4) is 0 Å². The van der Waals surface area contributed by atoms with E-state index in [-0.39, 0.29) is 15.1 Å². The Bertz CT molecular complexity index is 1010. The Labute approximate surface area is 173 Å². The lowest BCUT2D eigenvalue weighted by Crippen LogP contribution is -2.30. The number of amidine groups is 1. The third-order valence-corrected chi connectivity index (χ3v) is 6.64. The SMILES string of the molecule is Cn1c(C(=O)Nc2ccc(S(=O)(=O)NC3=NCCCCC3)cc2)cc(Cl)c1Cl. The second-order valence-corrected chi connectivity index (χ2v) is 8.90. The van der Waals surface area contributed by atoms with Crippen LogP contribution in [0.1, 0.15) is 36.2 Å². The summed E-state index contributed by atoms with van der Waals surface area (Å²) in [5.41, 5.74) is 0.740. The van der Waals surface area contributed by atoms with Gasteiger partial charge in [0, 0.05) is 25.7 Å². The standard InChI is InChI=1S/C18H20Cl2N4O3S/c1-24-15(11-14(19)17(24)20)18(25)22-12-6-8-13(9-7-12)28(26,27)23-16-5-3-2-4-10-21-16/h6-9,11H,2-5,10H2,1H3,(H,21,23)(H,22,25). The van der Waals surface area contributed by atoms with Gasteiger partial charge < -0.3 is 9.88 Å². The fourth-order valence-electron chi connectivity index (χ4n) is 2.84. The number of hydrogen-bond acceptors (Lipinski definition) is 4. The molecular weight excluding hydrogens is 423 g/mol. The first-order chi connectivity index (χ1) is 13.3. The minimum Gasteiger partial charge on any atom is -0.329 e. The van der Waals surface area contributed by atoms with Crippen molar-refractivity contribution < 1.29 is 13.2 Å². The van der Waals surface area contributed by atoms with E-state index >= 15 is 0 Å². The average Bonchev–Trinajstić information content (AvgIpc) is 2.84. The van der Waals surface area contributed by atoms with Gasteiger partial charge in [-0.25, -0.2) is 8.42 Å². The quantitative estimate of drug-likeness (QED) is 0.752. The van der Waals surface area contributed by atoms with Gasteiger partial charge in [0.1, 0.15) is 16.7 Å². The lowest BCUT2D eigenvalue weighted by molar-refractivity contribution is 0.101. The Kier molecular flexibility index (Phi) is 6.32. The van der Waals surface area contributed by atoms with Crippen LogP contribution in [0.4, 0.5) is 5.69 Å². The topological polar surface area (TPSA) is 92.6 Å². The summed E-state index contributed by atoms with van der Waals surface area (Å²) in [4.78, 5) is 16.8. The zero-order valence-electron chi connectivity index (χ0n) is 15.2. The summed E-state index contributed by atoms with van der Waals surface area (Å²) in [5.74, 6) is 0.0881. The van der Waals surface area contributed by atoms with E-state index in [9.17, 15) is 13.2 Å². The number of benzene rings is 1. The van der Waals surface area contributed by atoms with Crippen molar-refractivity contribution in [2.75, 3.05) is 11.9 Å². The molecule has 1 amide bonds. The number of rotatable bonds is 4. The van der Waals surface area contributed by atoms with E-state index in [1.807, 2.05) is 0 Å². The molecule has 150 valence electrons. The number of halogens is 2. The third kappa shape index (κ3) is 4.68. The molecular formula is C18H20Cl2N4O3S. The summed E-state index contributed by atoms with van der Waals surface area (Å²) in [6.45, 7) is 0.635. The van der Waals surface area contributed by atoms with Crippen LogP contribution in [-0.2, 0) is 17.1 Å². The van der Waals surface area contributed by atoms with Crippen LogP contribution in [0.15, 0.2) is 40.2 Å². The number of aromatic nitrogens is 1. The fourth-order valence-corrected chi connectivity index (χ4v) is 4.31. The van der Waals surface area contributed by atoms with Gasteiger partial charge in [0.15, 0.2) is 0 Å². The molecule has 28 heavy (non-hydrogen) atoms. The number of anilines is 1. The molecule has 0 fully saturated rings. The van der Waals surface area contributed by atoms with Crippen molar-refractivity contribution in [3.05, 3.63) is 46.2 Å². The first-order valence-electron chi connectivity index (χ1n) is 8.76. The predicted octanol–water partition coefficient (Wildman–Crippen LogP) is 3.84. The Morgan fingerprint density at radius 1 is 1.14 bits per heavy atom. The number of carbonyl (C=O) groups excluding carboxylic acids is 1. The molecule has 10 heteroatoms. The van der Waals surface area contributed by atoms with Gasteiger partial charge in [-0.05, 0) is 43.2 Å². The van der Waals surface area contributed by atoms with Gasteiger partial charge >= 0.3 is 0 Å². The first-order valence-corrected chi connectivity index (χ1v) is 11.0. The highest BCUT2D eigenvalue weighted by Crippen LogP contribution is 2.26. The zero-order valence-corrected chi connectivity index (χ0v) is 17.5. The van der Waals surface area contributed by atoms with E-state index in [4.69, 9.17) is 23.2 Å².